The normalized spacial score (nSPS) is 10.8. The van der Waals surface area contributed by atoms with Crippen molar-refractivity contribution in [3.63, 3.8) is 0 Å². The fourth-order valence-corrected chi connectivity index (χ4v) is 2.56. The Balaban J connectivity index is 2.07. The van der Waals surface area contributed by atoms with Crippen molar-refractivity contribution in [2.45, 2.75) is 17.0 Å². The highest BCUT2D eigenvalue weighted by Crippen LogP contribution is 2.25. The maximum absolute atomic E-state index is 11.9. The van der Waals surface area contributed by atoms with Gasteiger partial charge >= 0.3 is 5.63 Å². The van der Waals surface area contributed by atoms with Gasteiger partial charge in [-0.3, -0.25) is 0 Å². The standard InChI is InChI=1S/C15H11NO2S/c1-10-7-8-13-12(9-10)14(17)18-15(16-13)19-11-5-3-2-4-6-11/h2-9H,1H3. The number of hydrogen-bond acceptors (Lipinski definition) is 4. The highest BCUT2D eigenvalue weighted by atomic mass is 32.2. The molecule has 0 N–H and O–H groups in total. The quantitative estimate of drug-likeness (QED) is 0.712. The molecule has 0 bridgehead atoms. The molecule has 1 aromatic heterocycles. The van der Waals surface area contributed by atoms with Crippen LogP contribution in [0.3, 0.4) is 0 Å². The SMILES string of the molecule is Cc1ccc2nc(Sc3ccccc3)oc(=O)c2c1. The number of rotatable bonds is 2. The highest BCUT2D eigenvalue weighted by Gasteiger charge is 2.07. The van der Waals surface area contributed by atoms with E-state index in [2.05, 4.69) is 4.98 Å². The Bertz CT molecular complexity index is 781. The fourth-order valence-electron chi connectivity index (χ4n) is 1.80. The second-order valence-corrected chi connectivity index (χ2v) is 5.23. The Morgan fingerprint density at radius 3 is 2.68 bits per heavy atom. The molecule has 3 rings (SSSR count). The van der Waals surface area contributed by atoms with E-state index in [-0.39, 0.29) is 5.63 Å². The Kier molecular flexibility index (Phi) is 3.09. The molecule has 94 valence electrons. The summed E-state index contributed by atoms with van der Waals surface area (Å²) in [4.78, 5) is 17.3. The van der Waals surface area contributed by atoms with E-state index in [0.717, 1.165) is 10.5 Å². The average Bonchev–Trinajstić information content (AvgIpc) is 2.41. The third-order valence-electron chi connectivity index (χ3n) is 2.71. The Morgan fingerprint density at radius 1 is 1.11 bits per heavy atom. The Labute approximate surface area is 114 Å². The molecule has 0 aliphatic rings. The van der Waals surface area contributed by atoms with E-state index in [1.807, 2.05) is 49.4 Å². The van der Waals surface area contributed by atoms with Gasteiger partial charge in [-0.2, -0.15) is 0 Å². The molecule has 0 aliphatic heterocycles. The summed E-state index contributed by atoms with van der Waals surface area (Å²) in [5.74, 6) is 0. The molecular formula is C15H11NO2S. The van der Waals surface area contributed by atoms with E-state index in [9.17, 15) is 4.79 Å². The molecule has 19 heavy (non-hydrogen) atoms. The van der Waals surface area contributed by atoms with Gasteiger partial charge in [0.15, 0.2) is 0 Å². The van der Waals surface area contributed by atoms with Crippen molar-refractivity contribution in [2.75, 3.05) is 0 Å². The number of aromatic nitrogens is 1. The first-order valence-corrected chi connectivity index (χ1v) is 6.68. The van der Waals surface area contributed by atoms with E-state index in [0.29, 0.717) is 16.1 Å². The van der Waals surface area contributed by atoms with Crippen molar-refractivity contribution in [3.05, 3.63) is 64.5 Å². The van der Waals surface area contributed by atoms with E-state index in [1.54, 1.807) is 6.07 Å². The minimum atomic E-state index is -0.341. The van der Waals surface area contributed by atoms with Crippen LogP contribution in [0.1, 0.15) is 5.56 Å². The van der Waals surface area contributed by atoms with Gasteiger partial charge in [0.2, 0.25) is 0 Å². The third-order valence-corrected chi connectivity index (χ3v) is 3.57. The van der Waals surface area contributed by atoms with Crippen molar-refractivity contribution >= 4 is 22.7 Å². The molecule has 2 aromatic carbocycles. The molecule has 4 heteroatoms. The van der Waals surface area contributed by atoms with Crippen molar-refractivity contribution in [2.24, 2.45) is 0 Å². The predicted molar refractivity (Wildman–Crippen MR) is 75.6 cm³/mol. The molecule has 0 saturated heterocycles. The monoisotopic (exact) mass is 269 g/mol. The van der Waals surface area contributed by atoms with Gasteiger partial charge in [-0.15, -0.1) is 0 Å². The second-order valence-electron chi connectivity index (χ2n) is 4.20. The number of benzene rings is 2. The van der Waals surface area contributed by atoms with Crippen LogP contribution in [0.5, 0.6) is 0 Å². The van der Waals surface area contributed by atoms with Gasteiger partial charge in [0, 0.05) is 4.90 Å². The summed E-state index contributed by atoms with van der Waals surface area (Å²) in [7, 11) is 0. The first-order chi connectivity index (χ1) is 9.22. The van der Waals surface area contributed by atoms with Gasteiger partial charge in [-0.1, -0.05) is 29.8 Å². The smallest absolute Gasteiger partial charge is 0.347 e. The molecule has 0 fully saturated rings. The summed E-state index contributed by atoms with van der Waals surface area (Å²) in [6, 6.07) is 15.3. The van der Waals surface area contributed by atoms with Gasteiger partial charge in [0.25, 0.3) is 5.22 Å². The molecule has 0 saturated carbocycles. The molecule has 0 aliphatic carbocycles. The van der Waals surface area contributed by atoms with Gasteiger partial charge in [-0.25, -0.2) is 9.78 Å². The molecule has 3 aromatic rings. The van der Waals surface area contributed by atoms with E-state index < -0.39 is 0 Å². The van der Waals surface area contributed by atoms with Gasteiger partial charge in [0.1, 0.15) is 0 Å². The van der Waals surface area contributed by atoms with E-state index in [1.165, 1.54) is 11.8 Å². The zero-order valence-electron chi connectivity index (χ0n) is 10.3. The van der Waals surface area contributed by atoms with Crippen molar-refractivity contribution in [1.82, 2.24) is 4.98 Å². The molecule has 0 atom stereocenters. The first kappa shape index (κ1) is 12.0. The lowest BCUT2D eigenvalue weighted by atomic mass is 10.2. The summed E-state index contributed by atoms with van der Waals surface area (Å²) < 4.78 is 5.25. The van der Waals surface area contributed by atoms with Crippen LogP contribution in [0.15, 0.2) is 67.9 Å². The maximum atomic E-state index is 11.9. The summed E-state index contributed by atoms with van der Waals surface area (Å²) in [6.07, 6.45) is 0. The molecule has 3 nitrogen and oxygen atoms in total. The van der Waals surface area contributed by atoms with Crippen LogP contribution >= 0.6 is 11.8 Å². The number of hydrogen-bond donors (Lipinski definition) is 0. The van der Waals surface area contributed by atoms with E-state index in [4.69, 9.17) is 4.42 Å². The maximum Gasteiger partial charge on any atom is 0.347 e. The molecular weight excluding hydrogens is 258 g/mol. The summed E-state index contributed by atoms with van der Waals surface area (Å²) in [5, 5.41) is 0.893. The molecule has 0 amide bonds. The van der Waals surface area contributed by atoms with Crippen LogP contribution in [0.4, 0.5) is 0 Å². The van der Waals surface area contributed by atoms with Crippen LogP contribution in [0, 0.1) is 6.92 Å². The summed E-state index contributed by atoms with van der Waals surface area (Å²) >= 11 is 1.34. The summed E-state index contributed by atoms with van der Waals surface area (Å²) in [5.41, 5.74) is 1.34. The summed E-state index contributed by atoms with van der Waals surface area (Å²) in [6.45, 7) is 1.94. The van der Waals surface area contributed by atoms with E-state index >= 15 is 0 Å². The number of aryl methyl sites for hydroxylation is 1. The molecule has 0 spiro atoms. The molecule has 1 heterocycles. The van der Waals surface area contributed by atoms with Gasteiger partial charge < -0.3 is 4.42 Å². The lowest BCUT2D eigenvalue weighted by molar-refractivity contribution is 0.401. The van der Waals surface area contributed by atoms with Crippen molar-refractivity contribution in [3.8, 4) is 0 Å². The van der Waals surface area contributed by atoms with Gasteiger partial charge in [-0.05, 0) is 43.0 Å². The van der Waals surface area contributed by atoms with Gasteiger partial charge in [0.05, 0.1) is 10.9 Å². The van der Waals surface area contributed by atoms with Crippen LogP contribution in [0.25, 0.3) is 10.9 Å². The van der Waals surface area contributed by atoms with Crippen LogP contribution in [0.2, 0.25) is 0 Å². The van der Waals surface area contributed by atoms with Crippen molar-refractivity contribution in [1.29, 1.82) is 0 Å². The third kappa shape index (κ3) is 2.53. The van der Waals surface area contributed by atoms with Crippen LogP contribution < -0.4 is 5.63 Å². The fraction of sp³-hybridized carbons (Fsp3) is 0.0667. The average molecular weight is 269 g/mol. The zero-order valence-corrected chi connectivity index (χ0v) is 11.1. The topological polar surface area (TPSA) is 43.1 Å². The first-order valence-electron chi connectivity index (χ1n) is 5.87. The molecule has 0 unspecified atom stereocenters. The minimum absolute atomic E-state index is 0.341. The number of fused-ring (bicyclic) bond motifs is 1. The largest absolute Gasteiger partial charge is 0.397 e. The Hall–Kier alpha value is -2.07. The van der Waals surface area contributed by atoms with Crippen molar-refractivity contribution < 1.29 is 4.42 Å². The molecule has 0 radical (unpaired) electrons. The van der Waals surface area contributed by atoms with Crippen LogP contribution in [-0.2, 0) is 0 Å². The van der Waals surface area contributed by atoms with Crippen LogP contribution in [-0.4, -0.2) is 4.98 Å². The Morgan fingerprint density at radius 2 is 1.89 bits per heavy atom. The zero-order chi connectivity index (χ0) is 13.2. The highest BCUT2D eigenvalue weighted by molar-refractivity contribution is 7.99. The second kappa shape index (κ2) is 4.90. The lowest BCUT2D eigenvalue weighted by Gasteiger charge is -2.01. The number of nitrogens with zero attached hydrogens (tertiary/aromatic N) is 1. The lowest BCUT2D eigenvalue weighted by Crippen LogP contribution is -2.02. The predicted octanol–water partition coefficient (Wildman–Crippen LogP) is 3.65. The minimum Gasteiger partial charge on any atom is -0.397 e.